The molecule has 0 atom stereocenters. The molecule has 16 heavy (non-hydrogen) atoms. The second-order valence-electron chi connectivity index (χ2n) is 3.92. The average Bonchev–Trinajstić information content (AvgIpc) is 2.24. The fourth-order valence-corrected chi connectivity index (χ4v) is 1.48. The normalized spacial score (nSPS) is 10.1. The molecule has 2 aromatic rings. The summed E-state index contributed by atoms with van der Waals surface area (Å²) in [7, 11) is 0. The number of nitrogens with zero attached hydrogens (tertiary/aromatic N) is 1. The molecule has 0 spiro atoms. The SMILES string of the molecule is Cc1cccc(Nc2cc(N)c(C)cn2)c1. The number of aryl methyl sites for hydroxylation is 2. The molecule has 3 N–H and O–H groups in total. The Morgan fingerprint density at radius 1 is 1.19 bits per heavy atom. The average molecular weight is 213 g/mol. The fraction of sp³-hybridized carbons (Fsp3) is 0.154. The minimum absolute atomic E-state index is 0.755. The van der Waals surface area contributed by atoms with Crippen molar-refractivity contribution < 1.29 is 0 Å². The van der Waals surface area contributed by atoms with Crippen LogP contribution in [0.3, 0.4) is 0 Å². The van der Waals surface area contributed by atoms with Gasteiger partial charge in [-0.15, -0.1) is 0 Å². The zero-order valence-electron chi connectivity index (χ0n) is 9.49. The lowest BCUT2D eigenvalue weighted by molar-refractivity contribution is 1.26. The van der Waals surface area contributed by atoms with E-state index in [1.165, 1.54) is 5.56 Å². The molecule has 0 fully saturated rings. The standard InChI is InChI=1S/C13H15N3/c1-9-4-3-5-11(6-9)16-13-7-12(14)10(2)8-15-13/h3-8H,1-2H3,(H3,14,15,16). The highest BCUT2D eigenvalue weighted by Crippen LogP contribution is 2.19. The summed E-state index contributed by atoms with van der Waals surface area (Å²) in [5, 5.41) is 3.22. The molecule has 1 aromatic carbocycles. The Kier molecular flexibility index (Phi) is 2.77. The number of nitrogens with one attached hydrogen (secondary N) is 1. The molecule has 0 bridgehead atoms. The van der Waals surface area contributed by atoms with Crippen molar-refractivity contribution in [3.63, 3.8) is 0 Å². The number of nitrogen functional groups attached to an aromatic ring is 1. The van der Waals surface area contributed by atoms with Crippen LogP contribution >= 0.6 is 0 Å². The third-order valence-electron chi connectivity index (χ3n) is 2.44. The third kappa shape index (κ3) is 2.31. The smallest absolute Gasteiger partial charge is 0.132 e. The van der Waals surface area contributed by atoms with Gasteiger partial charge < -0.3 is 11.1 Å². The molecule has 2 rings (SSSR count). The van der Waals surface area contributed by atoms with Crippen LogP contribution in [0.2, 0.25) is 0 Å². The van der Waals surface area contributed by atoms with Gasteiger partial charge in [0.15, 0.2) is 0 Å². The van der Waals surface area contributed by atoms with E-state index >= 15 is 0 Å². The van der Waals surface area contributed by atoms with Gasteiger partial charge in [-0.1, -0.05) is 12.1 Å². The minimum Gasteiger partial charge on any atom is -0.398 e. The largest absolute Gasteiger partial charge is 0.398 e. The van der Waals surface area contributed by atoms with Crippen LogP contribution in [-0.4, -0.2) is 4.98 Å². The first-order chi connectivity index (χ1) is 7.65. The number of anilines is 3. The van der Waals surface area contributed by atoms with Crippen LogP contribution < -0.4 is 11.1 Å². The van der Waals surface area contributed by atoms with Crippen LogP contribution in [0.4, 0.5) is 17.2 Å². The maximum atomic E-state index is 5.82. The van der Waals surface area contributed by atoms with Gasteiger partial charge in [0.25, 0.3) is 0 Å². The molecule has 82 valence electrons. The van der Waals surface area contributed by atoms with Gasteiger partial charge in [0.2, 0.25) is 0 Å². The number of aromatic nitrogens is 1. The van der Waals surface area contributed by atoms with E-state index in [0.29, 0.717) is 0 Å². The van der Waals surface area contributed by atoms with E-state index in [9.17, 15) is 0 Å². The lowest BCUT2D eigenvalue weighted by atomic mass is 10.2. The lowest BCUT2D eigenvalue weighted by Gasteiger charge is -2.07. The number of rotatable bonds is 2. The first-order valence-corrected chi connectivity index (χ1v) is 5.21. The Morgan fingerprint density at radius 2 is 2.00 bits per heavy atom. The first-order valence-electron chi connectivity index (χ1n) is 5.21. The van der Waals surface area contributed by atoms with Crippen LogP contribution in [0.5, 0.6) is 0 Å². The Balaban J connectivity index is 2.24. The summed E-state index contributed by atoms with van der Waals surface area (Å²) in [5.74, 6) is 0.772. The maximum Gasteiger partial charge on any atom is 0.132 e. The van der Waals surface area contributed by atoms with Gasteiger partial charge in [-0.05, 0) is 37.1 Å². The highest BCUT2D eigenvalue weighted by Gasteiger charge is 1.99. The second-order valence-corrected chi connectivity index (χ2v) is 3.92. The molecule has 0 amide bonds. The zero-order chi connectivity index (χ0) is 11.5. The van der Waals surface area contributed by atoms with Crippen molar-refractivity contribution in [2.24, 2.45) is 0 Å². The lowest BCUT2D eigenvalue weighted by Crippen LogP contribution is -1.97. The molecule has 0 unspecified atom stereocenters. The summed E-state index contributed by atoms with van der Waals surface area (Å²) in [6.45, 7) is 4.00. The van der Waals surface area contributed by atoms with Crippen molar-refractivity contribution in [1.29, 1.82) is 0 Å². The molecule has 0 saturated carbocycles. The van der Waals surface area contributed by atoms with Gasteiger partial charge >= 0.3 is 0 Å². The van der Waals surface area contributed by atoms with E-state index in [2.05, 4.69) is 29.4 Å². The minimum atomic E-state index is 0.755. The molecule has 1 aromatic heterocycles. The quantitative estimate of drug-likeness (QED) is 0.806. The number of benzene rings is 1. The van der Waals surface area contributed by atoms with Crippen molar-refractivity contribution in [3.05, 3.63) is 47.7 Å². The van der Waals surface area contributed by atoms with E-state index in [-0.39, 0.29) is 0 Å². The van der Waals surface area contributed by atoms with Crippen molar-refractivity contribution in [1.82, 2.24) is 4.98 Å². The Bertz CT molecular complexity index is 506. The molecule has 1 heterocycles. The molecular weight excluding hydrogens is 198 g/mol. The summed E-state index contributed by atoms with van der Waals surface area (Å²) < 4.78 is 0. The van der Waals surface area contributed by atoms with Crippen molar-refractivity contribution in [3.8, 4) is 0 Å². The predicted molar refractivity (Wildman–Crippen MR) is 67.8 cm³/mol. The van der Waals surface area contributed by atoms with Crippen LogP contribution in [0.25, 0.3) is 0 Å². The fourth-order valence-electron chi connectivity index (χ4n) is 1.48. The Hall–Kier alpha value is -2.03. The van der Waals surface area contributed by atoms with E-state index in [4.69, 9.17) is 5.73 Å². The Morgan fingerprint density at radius 3 is 2.69 bits per heavy atom. The highest BCUT2D eigenvalue weighted by molar-refractivity contribution is 5.61. The molecule has 0 aliphatic carbocycles. The van der Waals surface area contributed by atoms with Crippen LogP contribution in [0, 0.1) is 13.8 Å². The van der Waals surface area contributed by atoms with Gasteiger partial charge in [-0.3, -0.25) is 0 Å². The summed E-state index contributed by atoms with van der Waals surface area (Å²) in [6.07, 6.45) is 1.77. The van der Waals surface area contributed by atoms with Crippen LogP contribution in [0.1, 0.15) is 11.1 Å². The van der Waals surface area contributed by atoms with Crippen molar-refractivity contribution in [2.45, 2.75) is 13.8 Å². The van der Waals surface area contributed by atoms with Crippen molar-refractivity contribution >= 4 is 17.2 Å². The summed E-state index contributed by atoms with van der Waals surface area (Å²) in [5.41, 5.74) is 9.81. The van der Waals surface area contributed by atoms with Gasteiger partial charge in [0.05, 0.1) is 0 Å². The van der Waals surface area contributed by atoms with Crippen LogP contribution in [0.15, 0.2) is 36.5 Å². The van der Waals surface area contributed by atoms with E-state index < -0.39 is 0 Å². The monoisotopic (exact) mass is 213 g/mol. The third-order valence-corrected chi connectivity index (χ3v) is 2.44. The zero-order valence-corrected chi connectivity index (χ0v) is 9.49. The molecule has 3 heteroatoms. The highest BCUT2D eigenvalue weighted by atomic mass is 15.0. The molecule has 0 aliphatic rings. The number of nitrogens with two attached hydrogens (primary N) is 1. The number of hydrogen-bond acceptors (Lipinski definition) is 3. The maximum absolute atomic E-state index is 5.82. The number of hydrogen-bond donors (Lipinski definition) is 2. The summed E-state index contributed by atoms with van der Waals surface area (Å²) in [4.78, 5) is 4.27. The van der Waals surface area contributed by atoms with E-state index in [1.807, 2.05) is 25.1 Å². The van der Waals surface area contributed by atoms with Gasteiger partial charge in [-0.2, -0.15) is 0 Å². The predicted octanol–water partition coefficient (Wildman–Crippen LogP) is 3.02. The van der Waals surface area contributed by atoms with Crippen LogP contribution in [-0.2, 0) is 0 Å². The molecular formula is C13H15N3. The molecule has 0 radical (unpaired) electrons. The van der Waals surface area contributed by atoms with Crippen molar-refractivity contribution in [2.75, 3.05) is 11.1 Å². The second kappa shape index (κ2) is 4.23. The Labute approximate surface area is 95.3 Å². The first kappa shape index (κ1) is 10.5. The van der Waals surface area contributed by atoms with Gasteiger partial charge in [0.1, 0.15) is 5.82 Å². The topological polar surface area (TPSA) is 50.9 Å². The summed E-state index contributed by atoms with van der Waals surface area (Å²) in [6, 6.07) is 9.98. The van der Waals surface area contributed by atoms with E-state index in [1.54, 1.807) is 6.20 Å². The van der Waals surface area contributed by atoms with Gasteiger partial charge in [0, 0.05) is 23.6 Å². The molecule has 0 saturated heterocycles. The number of pyridine rings is 1. The van der Waals surface area contributed by atoms with Gasteiger partial charge in [-0.25, -0.2) is 4.98 Å². The molecule has 0 aliphatic heterocycles. The molecule has 3 nitrogen and oxygen atoms in total. The van der Waals surface area contributed by atoms with E-state index in [0.717, 1.165) is 22.8 Å². The summed E-state index contributed by atoms with van der Waals surface area (Å²) >= 11 is 0.